The molecule has 1 unspecified atom stereocenters. The Morgan fingerprint density at radius 1 is 1.29 bits per heavy atom. The predicted molar refractivity (Wildman–Crippen MR) is 88.6 cm³/mol. The minimum atomic E-state index is -4.02. The van der Waals surface area contributed by atoms with Crippen molar-refractivity contribution in [1.82, 2.24) is 4.72 Å². The minimum Gasteiger partial charge on any atom is -0.481 e. The summed E-state index contributed by atoms with van der Waals surface area (Å²) in [5, 5.41) is 9.22. The van der Waals surface area contributed by atoms with E-state index in [9.17, 15) is 18.0 Å². The maximum Gasteiger partial charge on any atom is 0.337 e. The largest absolute Gasteiger partial charge is 0.481 e. The zero-order valence-electron chi connectivity index (χ0n) is 13.6. The zero-order valence-corrected chi connectivity index (χ0v) is 15.1. The number of ether oxygens (including phenoxy) is 1. The summed E-state index contributed by atoms with van der Waals surface area (Å²) >= 11 is 5.84. The maximum absolute atomic E-state index is 12.3. The maximum atomic E-state index is 12.3. The molecule has 0 aliphatic carbocycles. The molecular weight excluding hydrogens is 358 g/mol. The molecule has 1 rings (SSSR count). The van der Waals surface area contributed by atoms with Gasteiger partial charge in [-0.3, -0.25) is 4.79 Å². The summed E-state index contributed by atoms with van der Waals surface area (Å²) in [6.45, 7) is 3.45. The first-order valence-corrected chi connectivity index (χ1v) is 9.04. The lowest BCUT2D eigenvalue weighted by Crippen LogP contribution is -2.33. The van der Waals surface area contributed by atoms with Crippen molar-refractivity contribution in [2.45, 2.75) is 25.2 Å². The highest BCUT2D eigenvalue weighted by atomic mass is 35.5. The molecular formula is C15H20ClNO6S. The van der Waals surface area contributed by atoms with Crippen LogP contribution in [-0.2, 0) is 19.6 Å². The van der Waals surface area contributed by atoms with Gasteiger partial charge in [0.05, 0.1) is 23.5 Å². The van der Waals surface area contributed by atoms with Gasteiger partial charge in [0.1, 0.15) is 0 Å². The average Bonchev–Trinajstić information content (AvgIpc) is 2.49. The Labute approximate surface area is 146 Å². The van der Waals surface area contributed by atoms with Crippen LogP contribution in [0.15, 0.2) is 23.1 Å². The van der Waals surface area contributed by atoms with E-state index in [4.69, 9.17) is 16.7 Å². The van der Waals surface area contributed by atoms with Crippen LogP contribution in [0.4, 0.5) is 0 Å². The van der Waals surface area contributed by atoms with E-state index in [0.717, 1.165) is 6.07 Å². The van der Waals surface area contributed by atoms with Crippen molar-refractivity contribution < 1.29 is 27.9 Å². The van der Waals surface area contributed by atoms with Crippen molar-refractivity contribution in [3.63, 3.8) is 0 Å². The molecule has 7 nitrogen and oxygen atoms in total. The lowest BCUT2D eigenvalue weighted by atomic mass is 9.98. The fourth-order valence-corrected chi connectivity index (χ4v) is 3.54. The van der Waals surface area contributed by atoms with E-state index in [1.54, 1.807) is 0 Å². The van der Waals surface area contributed by atoms with Gasteiger partial charge in [-0.15, -0.1) is 0 Å². The lowest BCUT2D eigenvalue weighted by Gasteiger charge is -2.16. The number of rotatable bonds is 8. The second-order valence-corrected chi connectivity index (χ2v) is 7.89. The van der Waals surface area contributed by atoms with E-state index in [1.807, 2.05) is 13.8 Å². The van der Waals surface area contributed by atoms with Crippen LogP contribution in [0.3, 0.4) is 0 Å². The zero-order chi connectivity index (χ0) is 18.5. The molecule has 2 N–H and O–H groups in total. The number of carbonyl (C=O) groups excluding carboxylic acids is 1. The molecule has 24 heavy (non-hydrogen) atoms. The van der Waals surface area contributed by atoms with Crippen LogP contribution < -0.4 is 4.72 Å². The van der Waals surface area contributed by atoms with Gasteiger partial charge in [0.15, 0.2) is 0 Å². The lowest BCUT2D eigenvalue weighted by molar-refractivity contribution is -0.142. The van der Waals surface area contributed by atoms with Gasteiger partial charge < -0.3 is 9.84 Å². The van der Waals surface area contributed by atoms with Crippen molar-refractivity contribution >= 4 is 33.6 Å². The van der Waals surface area contributed by atoms with Crippen LogP contribution in [0.25, 0.3) is 0 Å². The van der Waals surface area contributed by atoms with Crippen molar-refractivity contribution in [2.75, 3.05) is 13.7 Å². The number of hydrogen-bond acceptors (Lipinski definition) is 5. The third-order valence-corrected chi connectivity index (χ3v) is 4.85. The van der Waals surface area contributed by atoms with E-state index in [-0.39, 0.29) is 27.9 Å². The highest BCUT2D eigenvalue weighted by Gasteiger charge is 2.24. The second kappa shape index (κ2) is 8.46. The summed E-state index contributed by atoms with van der Waals surface area (Å²) in [6, 6.07) is 3.58. The summed E-state index contributed by atoms with van der Waals surface area (Å²) in [5.41, 5.74) is -0.0117. The van der Waals surface area contributed by atoms with E-state index in [1.165, 1.54) is 19.2 Å². The molecule has 0 spiro atoms. The first-order valence-electron chi connectivity index (χ1n) is 7.18. The van der Waals surface area contributed by atoms with Gasteiger partial charge in [0.25, 0.3) is 0 Å². The number of aliphatic carboxylic acids is 1. The molecule has 0 aliphatic rings. The van der Waals surface area contributed by atoms with Crippen LogP contribution in [0, 0.1) is 11.8 Å². The summed E-state index contributed by atoms with van der Waals surface area (Å²) in [4.78, 5) is 22.5. The number of sulfonamides is 1. The smallest absolute Gasteiger partial charge is 0.337 e. The molecule has 0 amide bonds. The highest BCUT2D eigenvalue weighted by Crippen LogP contribution is 2.20. The number of carbonyl (C=O) groups is 2. The van der Waals surface area contributed by atoms with Crippen LogP contribution in [0.5, 0.6) is 0 Å². The van der Waals surface area contributed by atoms with E-state index >= 15 is 0 Å². The van der Waals surface area contributed by atoms with Gasteiger partial charge in [0, 0.05) is 11.6 Å². The molecule has 0 radical (unpaired) electrons. The van der Waals surface area contributed by atoms with Gasteiger partial charge in [0.2, 0.25) is 10.0 Å². The Bertz CT molecular complexity index is 717. The first-order chi connectivity index (χ1) is 11.1. The van der Waals surface area contributed by atoms with Crippen molar-refractivity contribution in [2.24, 2.45) is 11.8 Å². The Balaban J connectivity index is 3.01. The number of methoxy groups -OCH3 is 1. The molecule has 9 heteroatoms. The van der Waals surface area contributed by atoms with Gasteiger partial charge in [-0.25, -0.2) is 17.9 Å². The van der Waals surface area contributed by atoms with Gasteiger partial charge in [-0.05, 0) is 30.5 Å². The third kappa shape index (κ3) is 5.77. The number of halogens is 1. The van der Waals surface area contributed by atoms with E-state index < -0.39 is 27.9 Å². The molecule has 0 bridgehead atoms. The second-order valence-electron chi connectivity index (χ2n) is 5.68. The Morgan fingerprint density at radius 2 is 1.92 bits per heavy atom. The summed E-state index contributed by atoms with van der Waals surface area (Å²) < 4.78 is 31.5. The Morgan fingerprint density at radius 3 is 2.42 bits per heavy atom. The van der Waals surface area contributed by atoms with Crippen LogP contribution in [-0.4, -0.2) is 39.1 Å². The minimum absolute atomic E-state index is 0.0117. The van der Waals surface area contributed by atoms with Crippen LogP contribution >= 0.6 is 11.6 Å². The number of benzene rings is 1. The van der Waals surface area contributed by atoms with Crippen molar-refractivity contribution in [3.8, 4) is 0 Å². The third-order valence-electron chi connectivity index (χ3n) is 3.23. The van der Waals surface area contributed by atoms with Crippen LogP contribution in [0.2, 0.25) is 5.02 Å². The van der Waals surface area contributed by atoms with Gasteiger partial charge >= 0.3 is 11.9 Å². The normalized spacial score (nSPS) is 12.9. The number of esters is 1. The fourth-order valence-electron chi connectivity index (χ4n) is 2.09. The number of hydrogen-bond donors (Lipinski definition) is 2. The molecule has 0 fully saturated rings. The summed E-state index contributed by atoms with van der Waals surface area (Å²) in [6.07, 6.45) is 0.334. The topological polar surface area (TPSA) is 110 Å². The number of carboxylic acid groups (broad SMARTS) is 1. The van der Waals surface area contributed by atoms with Crippen molar-refractivity contribution in [3.05, 3.63) is 28.8 Å². The molecule has 0 aliphatic heterocycles. The van der Waals surface area contributed by atoms with Gasteiger partial charge in [-0.1, -0.05) is 25.4 Å². The van der Waals surface area contributed by atoms with Crippen LogP contribution in [0.1, 0.15) is 30.6 Å². The molecule has 134 valence electrons. The molecule has 1 aromatic carbocycles. The number of carboxylic acids is 1. The number of nitrogens with one attached hydrogen (secondary N) is 1. The highest BCUT2D eigenvalue weighted by molar-refractivity contribution is 7.89. The monoisotopic (exact) mass is 377 g/mol. The van der Waals surface area contributed by atoms with Crippen molar-refractivity contribution in [1.29, 1.82) is 0 Å². The van der Waals surface area contributed by atoms with E-state index in [2.05, 4.69) is 9.46 Å². The standard InChI is InChI=1S/C15H20ClNO6S/c1-9(2)4-11(14(18)19)8-17-24(21,22)13-6-10(15(20)23-3)5-12(16)7-13/h5-7,9,11,17H,4,8H2,1-3H3,(H,18,19). The molecule has 1 aromatic rings. The first kappa shape index (κ1) is 20.4. The summed E-state index contributed by atoms with van der Waals surface area (Å²) in [7, 11) is -2.85. The Kier molecular flexibility index (Phi) is 7.19. The predicted octanol–water partition coefficient (Wildman–Crippen LogP) is 2.15. The fraction of sp³-hybridized carbons (Fsp3) is 0.467. The van der Waals surface area contributed by atoms with Gasteiger partial charge in [-0.2, -0.15) is 0 Å². The molecule has 1 atom stereocenters. The molecule has 0 saturated heterocycles. The quantitative estimate of drug-likeness (QED) is 0.672. The molecule has 0 heterocycles. The molecule has 0 saturated carbocycles. The Hall–Kier alpha value is -1.64. The molecule has 0 aromatic heterocycles. The average molecular weight is 378 g/mol. The summed E-state index contributed by atoms with van der Waals surface area (Å²) in [5.74, 6) is -2.54. The SMILES string of the molecule is COC(=O)c1cc(Cl)cc(S(=O)(=O)NCC(CC(C)C)C(=O)O)c1. The van der Waals surface area contributed by atoms with E-state index in [0.29, 0.717) is 6.42 Å².